The number of aryl methyl sites for hydroxylation is 1. The first-order chi connectivity index (χ1) is 9.27. The molecule has 0 spiro atoms. The normalized spacial score (nSPS) is 14.3. The van der Waals surface area contributed by atoms with Crippen LogP contribution < -0.4 is 5.32 Å². The summed E-state index contributed by atoms with van der Waals surface area (Å²) in [5.41, 5.74) is 2.62. The number of aromatic nitrogens is 2. The van der Waals surface area contributed by atoms with Gasteiger partial charge in [0.05, 0.1) is 11.7 Å². The standard InChI is InChI=1S/C16H23N3/c1-4-17-16(15-11-12-18-19(15)5-2)13(3)14-9-7-6-8-10-14/h6-13,16-17H,4-5H2,1-3H3. The first-order valence-corrected chi connectivity index (χ1v) is 7.08. The summed E-state index contributed by atoms with van der Waals surface area (Å²) >= 11 is 0. The highest BCUT2D eigenvalue weighted by molar-refractivity contribution is 5.24. The predicted molar refractivity (Wildman–Crippen MR) is 79.2 cm³/mol. The van der Waals surface area contributed by atoms with Crippen LogP contribution in [0.5, 0.6) is 0 Å². The zero-order valence-electron chi connectivity index (χ0n) is 12.0. The molecule has 0 amide bonds. The van der Waals surface area contributed by atoms with Crippen LogP contribution in [-0.4, -0.2) is 16.3 Å². The van der Waals surface area contributed by atoms with Crippen molar-refractivity contribution in [1.82, 2.24) is 15.1 Å². The van der Waals surface area contributed by atoms with E-state index in [1.807, 2.05) is 6.20 Å². The van der Waals surface area contributed by atoms with Crippen molar-refractivity contribution in [2.75, 3.05) is 6.54 Å². The third kappa shape index (κ3) is 3.04. The van der Waals surface area contributed by atoms with E-state index < -0.39 is 0 Å². The zero-order chi connectivity index (χ0) is 13.7. The van der Waals surface area contributed by atoms with Gasteiger partial charge in [0, 0.05) is 18.7 Å². The number of nitrogens with one attached hydrogen (secondary N) is 1. The molecule has 1 aromatic heterocycles. The van der Waals surface area contributed by atoms with Gasteiger partial charge in [-0.25, -0.2) is 0 Å². The van der Waals surface area contributed by atoms with Crippen LogP contribution in [0.25, 0.3) is 0 Å². The Morgan fingerprint density at radius 2 is 1.89 bits per heavy atom. The molecule has 2 unspecified atom stereocenters. The molecule has 1 aromatic carbocycles. The highest BCUT2D eigenvalue weighted by Crippen LogP contribution is 2.30. The molecule has 0 radical (unpaired) electrons. The highest BCUT2D eigenvalue weighted by atomic mass is 15.3. The third-order valence-corrected chi connectivity index (χ3v) is 3.62. The second-order valence-corrected chi connectivity index (χ2v) is 4.81. The lowest BCUT2D eigenvalue weighted by Crippen LogP contribution is -2.28. The molecule has 0 bridgehead atoms. The van der Waals surface area contributed by atoms with E-state index in [1.54, 1.807) is 0 Å². The molecule has 1 N–H and O–H groups in total. The molecule has 2 aromatic rings. The van der Waals surface area contributed by atoms with Gasteiger partial charge in [-0.2, -0.15) is 5.10 Å². The summed E-state index contributed by atoms with van der Waals surface area (Å²) in [6.45, 7) is 8.42. The van der Waals surface area contributed by atoms with Gasteiger partial charge in [-0.3, -0.25) is 4.68 Å². The maximum Gasteiger partial charge on any atom is 0.0559 e. The fourth-order valence-corrected chi connectivity index (χ4v) is 2.58. The largest absolute Gasteiger partial charge is 0.308 e. The monoisotopic (exact) mass is 257 g/mol. The van der Waals surface area contributed by atoms with Crippen LogP contribution in [-0.2, 0) is 6.54 Å². The van der Waals surface area contributed by atoms with E-state index in [1.165, 1.54) is 11.3 Å². The Balaban J connectivity index is 2.30. The Bertz CT molecular complexity index is 490. The number of likely N-dealkylation sites (N-methyl/N-ethyl adjacent to an activating group) is 1. The van der Waals surface area contributed by atoms with E-state index in [0.717, 1.165) is 13.1 Å². The lowest BCUT2D eigenvalue weighted by Gasteiger charge is -2.26. The van der Waals surface area contributed by atoms with Crippen LogP contribution in [0, 0.1) is 0 Å². The van der Waals surface area contributed by atoms with Crippen molar-refractivity contribution < 1.29 is 0 Å². The van der Waals surface area contributed by atoms with Crippen molar-refractivity contribution in [3.05, 3.63) is 53.9 Å². The minimum absolute atomic E-state index is 0.301. The number of nitrogens with zero attached hydrogens (tertiary/aromatic N) is 2. The molecule has 19 heavy (non-hydrogen) atoms. The summed E-state index contributed by atoms with van der Waals surface area (Å²) < 4.78 is 2.08. The topological polar surface area (TPSA) is 29.9 Å². The summed E-state index contributed by atoms with van der Waals surface area (Å²) in [5, 5.41) is 7.99. The quantitative estimate of drug-likeness (QED) is 0.860. The van der Waals surface area contributed by atoms with E-state index in [0.29, 0.717) is 12.0 Å². The van der Waals surface area contributed by atoms with Gasteiger partial charge in [0.2, 0.25) is 0 Å². The second kappa shape index (κ2) is 6.53. The lowest BCUT2D eigenvalue weighted by atomic mass is 9.91. The lowest BCUT2D eigenvalue weighted by molar-refractivity contribution is 0.439. The number of hydrogen-bond acceptors (Lipinski definition) is 2. The minimum atomic E-state index is 0.301. The average molecular weight is 257 g/mol. The molecular weight excluding hydrogens is 234 g/mol. The van der Waals surface area contributed by atoms with E-state index in [-0.39, 0.29) is 0 Å². The van der Waals surface area contributed by atoms with Crippen LogP contribution in [0.1, 0.15) is 44.0 Å². The van der Waals surface area contributed by atoms with Crippen molar-refractivity contribution in [2.45, 2.75) is 39.3 Å². The Kier molecular flexibility index (Phi) is 4.74. The zero-order valence-corrected chi connectivity index (χ0v) is 12.0. The van der Waals surface area contributed by atoms with Crippen LogP contribution in [0.2, 0.25) is 0 Å². The Labute approximate surface area is 115 Å². The molecule has 0 aliphatic rings. The maximum atomic E-state index is 4.39. The molecule has 3 heteroatoms. The van der Waals surface area contributed by atoms with Crippen LogP contribution in [0.4, 0.5) is 0 Å². The summed E-state index contributed by atoms with van der Waals surface area (Å²) in [7, 11) is 0. The van der Waals surface area contributed by atoms with Crippen LogP contribution in [0.15, 0.2) is 42.6 Å². The van der Waals surface area contributed by atoms with Crippen molar-refractivity contribution in [3.8, 4) is 0 Å². The van der Waals surface area contributed by atoms with Gasteiger partial charge in [-0.1, -0.05) is 44.2 Å². The molecule has 3 nitrogen and oxygen atoms in total. The van der Waals surface area contributed by atoms with Crippen LogP contribution in [0.3, 0.4) is 0 Å². The van der Waals surface area contributed by atoms with Gasteiger partial charge in [-0.15, -0.1) is 0 Å². The number of rotatable bonds is 6. The summed E-state index contributed by atoms with van der Waals surface area (Å²) in [6, 6.07) is 13.1. The maximum absolute atomic E-state index is 4.39. The van der Waals surface area contributed by atoms with Crippen molar-refractivity contribution in [3.63, 3.8) is 0 Å². The molecule has 1 heterocycles. The van der Waals surface area contributed by atoms with E-state index in [4.69, 9.17) is 0 Å². The SMILES string of the molecule is CCNC(c1ccnn1CC)C(C)c1ccccc1. The van der Waals surface area contributed by atoms with Gasteiger partial charge in [0.1, 0.15) is 0 Å². The first kappa shape index (κ1) is 13.8. The average Bonchev–Trinajstić information content (AvgIpc) is 2.93. The molecule has 0 saturated carbocycles. The molecule has 0 aliphatic carbocycles. The number of benzene rings is 1. The third-order valence-electron chi connectivity index (χ3n) is 3.62. The van der Waals surface area contributed by atoms with Gasteiger partial charge in [0.25, 0.3) is 0 Å². The van der Waals surface area contributed by atoms with Crippen molar-refractivity contribution in [2.24, 2.45) is 0 Å². The fourth-order valence-electron chi connectivity index (χ4n) is 2.58. The van der Waals surface area contributed by atoms with E-state index in [9.17, 15) is 0 Å². The smallest absolute Gasteiger partial charge is 0.0559 e. The van der Waals surface area contributed by atoms with Gasteiger partial charge >= 0.3 is 0 Å². The van der Waals surface area contributed by atoms with Gasteiger partial charge in [0.15, 0.2) is 0 Å². The number of hydrogen-bond donors (Lipinski definition) is 1. The summed E-state index contributed by atoms with van der Waals surface area (Å²) in [5.74, 6) is 0.420. The molecule has 0 saturated heterocycles. The van der Waals surface area contributed by atoms with Crippen molar-refractivity contribution in [1.29, 1.82) is 0 Å². The Morgan fingerprint density at radius 3 is 2.53 bits per heavy atom. The molecule has 2 atom stereocenters. The second-order valence-electron chi connectivity index (χ2n) is 4.81. The highest BCUT2D eigenvalue weighted by Gasteiger charge is 2.22. The first-order valence-electron chi connectivity index (χ1n) is 7.08. The van der Waals surface area contributed by atoms with Crippen molar-refractivity contribution >= 4 is 0 Å². The molecule has 102 valence electrons. The molecule has 0 fully saturated rings. The Morgan fingerprint density at radius 1 is 1.16 bits per heavy atom. The fraction of sp³-hybridized carbons (Fsp3) is 0.438. The summed E-state index contributed by atoms with van der Waals surface area (Å²) in [4.78, 5) is 0. The van der Waals surface area contributed by atoms with Gasteiger partial charge in [-0.05, 0) is 25.1 Å². The minimum Gasteiger partial charge on any atom is -0.308 e. The van der Waals surface area contributed by atoms with E-state index >= 15 is 0 Å². The van der Waals surface area contributed by atoms with Gasteiger partial charge < -0.3 is 5.32 Å². The van der Waals surface area contributed by atoms with Crippen LogP contribution >= 0.6 is 0 Å². The van der Waals surface area contributed by atoms with E-state index in [2.05, 4.69) is 72.3 Å². The Hall–Kier alpha value is -1.61. The molecule has 0 aliphatic heterocycles. The summed E-state index contributed by atoms with van der Waals surface area (Å²) in [6.07, 6.45) is 1.89. The molecular formula is C16H23N3. The molecule has 2 rings (SSSR count). The predicted octanol–water partition coefficient (Wildman–Crippen LogP) is 3.36.